The van der Waals surface area contributed by atoms with Gasteiger partial charge in [-0.2, -0.15) is 0 Å². The van der Waals surface area contributed by atoms with E-state index in [2.05, 4.69) is 33.0 Å². The fourth-order valence-corrected chi connectivity index (χ4v) is 3.65. The minimum absolute atomic E-state index is 0.0873. The second-order valence-corrected chi connectivity index (χ2v) is 7.27. The molecular weight excluding hydrogens is 265 g/mol. The Bertz CT molecular complexity index is 486. The molecule has 0 aromatic heterocycles. The summed E-state index contributed by atoms with van der Waals surface area (Å²) >= 11 is 0. The van der Waals surface area contributed by atoms with Gasteiger partial charge in [0.15, 0.2) is 0 Å². The van der Waals surface area contributed by atoms with Gasteiger partial charge in [0.05, 0.1) is 7.11 Å². The molecule has 2 rings (SSSR count). The van der Waals surface area contributed by atoms with Crippen LogP contribution in [-0.2, 0) is 0 Å². The van der Waals surface area contributed by atoms with E-state index in [1.165, 1.54) is 25.3 Å². The van der Waals surface area contributed by atoms with Crippen molar-refractivity contribution >= 4 is 0 Å². The molecule has 1 aliphatic rings. The molecule has 1 fully saturated rings. The van der Waals surface area contributed by atoms with E-state index in [0.29, 0.717) is 17.4 Å². The summed E-state index contributed by atoms with van der Waals surface area (Å²) in [5.41, 5.74) is 1.34. The summed E-state index contributed by atoms with van der Waals surface area (Å²) in [6.45, 7) is 9.09. The van der Waals surface area contributed by atoms with Crippen LogP contribution in [0.5, 0.6) is 5.75 Å². The summed E-state index contributed by atoms with van der Waals surface area (Å²) in [6, 6.07) is 5.30. The van der Waals surface area contributed by atoms with Crippen molar-refractivity contribution in [1.29, 1.82) is 0 Å². The number of halogens is 1. The summed E-state index contributed by atoms with van der Waals surface area (Å²) < 4.78 is 18.9. The monoisotopic (exact) mass is 293 g/mol. The van der Waals surface area contributed by atoms with Crippen molar-refractivity contribution in [3.05, 3.63) is 29.6 Å². The minimum atomic E-state index is -0.211. The van der Waals surface area contributed by atoms with Crippen molar-refractivity contribution in [1.82, 2.24) is 5.32 Å². The van der Waals surface area contributed by atoms with Crippen LogP contribution in [0.3, 0.4) is 0 Å². The predicted octanol–water partition coefficient (Wildman–Crippen LogP) is 4.70. The van der Waals surface area contributed by atoms with Gasteiger partial charge in [-0.15, -0.1) is 0 Å². The highest BCUT2D eigenvalue weighted by Crippen LogP contribution is 2.39. The summed E-state index contributed by atoms with van der Waals surface area (Å²) in [6.07, 6.45) is 3.65. The molecule has 118 valence electrons. The fraction of sp³-hybridized carbons (Fsp3) is 0.667. The number of rotatable bonds is 4. The third kappa shape index (κ3) is 3.97. The lowest BCUT2D eigenvalue weighted by molar-refractivity contribution is 0.142. The van der Waals surface area contributed by atoms with Gasteiger partial charge in [0.1, 0.15) is 11.6 Å². The Balaban J connectivity index is 2.08. The molecule has 0 radical (unpaired) electrons. The summed E-state index contributed by atoms with van der Waals surface area (Å²) in [4.78, 5) is 0. The van der Waals surface area contributed by atoms with Gasteiger partial charge in [-0.05, 0) is 55.7 Å². The maximum absolute atomic E-state index is 13.5. The molecular formula is C18H28FNO. The van der Waals surface area contributed by atoms with E-state index >= 15 is 0 Å². The zero-order chi connectivity index (χ0) is 15.6. The lowest BCUT2D eigenvalue weighted by atomic mass is 9.70. The third-order valence-electron chi connectivity index (χ3n) is 4.82. The van der Waals surface area contributed by atoms with Gasteiger partial charge in [-0.1, -0.05) is 20.8 Å². The molecule has 1 aromatic carbocycles. The lowest BCUT2D eigenvalue weighted by Crippen LogP contribution is -2.42. The average Bonchev–Trinajstić information content (AvgIpc) is 2.41. The standard InChI is InChI=1S/C18H28FNO/c1-12-11-18(3,4)9-8-16(12)20-13(2)15-10-14(19)6-7-17(15)21-5/h6-7,10,12-13,16,20H,8-9,11H2,1-5H3. The molecule has 0 bridgehead atoms. The van der Waals surface area contributed by atoms with E-state index in [4.69, 9.17) is 4.74 Å². The molecule has 2 nitrogen and oxygen atoms in total. The maximum Gasteiger partial charge on any atom is 0.123 e. The highest BCUT2D eigenvalue weighted by Gasteiger charge is 2.33. The first-order valence-electron chi connectivity index (χ1n) is 7.92. The number of ether oxygens (including phenoxy) is 1. The summed E-state index contributed by atoms with van der Waals surface area (Å²) in [7, 11) is 1.63. The lowest BCUT2D eigenvalue weighted by Gasteiger charge is -2.41. The van der Waals surface area contributed by atoms with Crippen LogP contribution in [0.25, 0.3) is 0 Å². The molecule has 0 spiro atoms. The van der Waals surface area contributed by atoms with Crippen LogP contribution in [0.15, 0.2) is 18.2 Å². The van der Waals surface area contributed by atoms with Crippen LogP contribution in [-0.4, -0.2) is 13.2 Å². The van der Waals surface area contributed by atoms with Gasteiger partial charge in [-0.25, -0.2) is 4.39 Å². The van der Waals surface area contributed by atoms with Crippen molar-refractivity contribution in [3.8, 4) is 5.75 Å². The topological polar surface area (TPSA) is 21.3 Å². The molecule has 0 saturated heterocycles. The van der Waals surface area contributed by atoms with Crippen molar-refractivity contribution in [2.75, 3.05) is 7.11 Å². The highest BCUT2D eigenvalue weighted by atomic mass is 19.1. The number of benzene rings is 1. The number of methoxy groups -OCH3 is 1. The van der Waals surface area contributed by atoms with Gasteiger partial charge in [0, 0.05) is 17.6 Å². The van der Waals surface area contributed by atoms with Gasteiger partial charge >= 0.3 is 0 Å². The van der Waals surface area contributed by atoms with Crippen molar-refractivity contribution in [2.45, 2.75) is 59.0 Å². The Morgan fingerprint density at radius 2 is 2.10 bits per heavy atom. The van der Waals surface area contributed by atoms with Crippen molar-refractivity contribution in [2.24, 2.45) is 11.3 Å². The molecule has 3 heteroatoms. The number of hydrogen-bond acceptors (Lipinski definition) is 2. The van der Waals surface area contributed by atoms with E-state index in [0.717, 1.165) is 11.3 Å². The molecule has 1 saturated carbocycles. The van der Waals surface area contributed by atoms with Gasteiger partial charge in [-0.3, -0.25) is 0 Å². The van der Waals surface area contributed by atoms with Crippen molar-refractivity contribution in [3.63, 3.8) is 0 Å². The molecule has 21 heavy (non-hydrogen) atoms. The molecule has 0 amide bonds. The Hall–Kier alpha value is -1.09. The Morgan fingerprint density at radius 1 is 1.38 bits per heavy atom. The zero-order valence-electron chi connectivity index (χ0n) is 13.9. The number of hydrogen-bond donors (Lipinski definition) is 1. The van der Waals surface area contributed by atoms with Gasteiger partial charge in [0.25, 0.3) is 0 Å². The van der Waals surface area contributed by atoms with Crippen LogP contribution >= 0.6 is 0 Å². The van der Waals surface area contributed by atoms with Crippen molar-refractivity contribution < 1.29 is 9.13 Å². The summed E-state index contributed by atoms with van der Waals surface area (Å²) in [5.74, 6) is 1.17. The molecule has 1 N–H and O–H groups in total. The quantitative estimate of drug-likeness (QED) is 0.869. The normalized spacial score (nSPS) is 26.4. The second kappa shape index (κ2) is 6.35. The first-order valence-corrected chi connectivity index (χ1v) is 7.92. The smallest absolute Gasteiger partial charge is 0.123 e. The highest BCUT2D eigenvalue weighted by molar-refractivity contribution is 5.36. The second-order valence-electron chi connectivity index (χ2n) is 7.27. The predicted molar refractivity (Wildman–Crippen MR) is 85.1 cm³/mol. The maximum atomic E-state index is 13.5. The van der Waals surface area contributed by atoms with E-state index in [1.54, 1.807) is 19.2 Å². The van der Waals surface area contributed by atoms with E-state index in [9.17, 15) is 4.39 Å². The average molecular weight is 293 g/mol. The van der Waals surface area contributed by atoms with E-state index < -0.39 is 0 Å². The minimum Gasteiger partial charge on any atom is -0.496 e. The third-order valence-corrected chi connectivity index (χ3v) is 4.82. The molecule has 1 aliphatic carbocycles. The van der Waals surface area contributed by atoms with Crippen LogP contribution in [0, 0.1) is 17.2 Å². The molecule has 1 aromatic rings. The fourth-order valence-electron chi connectivity index (χ4n) is 3.65. The Labute approximate surface area is 128 Å². The van der Waals surface area contributed by atoms with E-state index in [1.807, 2.05) is 0 Å². The first-order chi connectivity index (χ1) is 9.82. The first kappa shape index (κ1) is 16.3. The molecule has 0 heterocycles. The van der Waals surface area contributed by atoms with Crippen LogP contribution < -0.4 is 10.1 Å². The summed E-state index contributed by atoms with van der Waals surface area (Å²) in [5, 5.41) is 3.68. The van der Waals surface area contributed by atoms with E-state index in [-0.39, 0.29) is 11.9 Å². The van der Waals surface area contributed by atoms with Crippen LogP contribution in [0.4, 0.5) is 4.39 Å². The molecule has 3 atom stereocenters. The number of nitrogens with one attached hydrogen (secondary N) is 1. The largest absolute Gasteiger partial charge is 0.496 e. The van der Waals surface area contributed by atoms with Gasteiger partial charge < -0.3 is 10.1 Å². The van der Waals surface area contributed by atoms with Crippen LogP contribution in [0.2, 0.25) is 0 Å². The molecule has 3 unspecified atom stereocenters. The molecule has 0 aliphatic heterocycles. The van der Waals surface area contributed by atoms with Crippen LogP contribution in [0.1, 0.15) is 58.6 Å². The SMILES string of the molecule is COc1ccc(F)cc1C(C)NC1CCC(C)(C)CC1C. The Morgan fingerprint density at radius 3 is 2.71 bits per heavy atom. The Kier molecular flexibility index (Phi) is 4.92. The zero-order valence-corrected chi connectivity index (χ0v) is 13.9. The van der Waals surface area contributed by atoms with Gasteiger partial charge in [0.2, 0.25) is 0 Å².